The van der Waals surface area contributed by atoms with Gasteiger partial charge in [0, 0.05) is 45.0 Å². The van der Waals surface area contributed by atoms with Crippen LogP contribution in [0.25, 0.3) is 0 Å². The molecule has 0 atom stereocenters. The minimum absolute atomic E-state index is 0.244. The molecule has 104 valence electrons. The van der Waals surface area contributed by atoms with Crippen molar-refractivity contribution in [3.05, 3.63) is 29.6 Å². The zero-order valence-corrected chi connectivity index (χ0v) is 11.5. The Hall–Kier alpha value is -1.46. The number of nitrogens with zero attached hydrogens (tertiary/aromatic N) is 3. The number of carbonyl (C=O) groups is 1. The smallest absolute Gasteiger partial charge is 0.337 e. The van der Waals surface area contributed by atoms with Crippen molar-refractivity contribution in [1.29, 1.82) is 0 Å². The minimum Gasteiger partial charge on any atom is -0.478 e. The molecule has 0 aliphatic carbocycles. The van der Waals surface area contributed by atoms with Crippen LogP contribution in [0.5, 0.6) is 0 Å². The van der Waals surface area contributed by atoms with Crippen molar-refractivity contribution in [3.8, 4) is 0 Å². The van der Waals surface area contributed by atoms with Gasteiger partial charge in [0.1, 0.15) is 0 Å². The summed E-state index contributed by atoms with van der Waals surface area (Å²) in [6.07, 6.45) is 1.43. The zero-order chi connectivity index (χ0) is 13.8. The van der Waals surface area contributed by atoms with E-state index in [0.717, 1.165) is 38.4 Å². The van der Waals surface area contributed by atoms with Gasteiger partial charge < -0.3 is 5.11 Å². The van der Waals surface area contributed by atoms with Crippen LogP contribution in [-0.2, 0) is 6.54 Å². The Labute approximate surface area is 113 Å². The Kier molecular flexibility index (Phi) is 4.50. The summed E-state index contributed by atoms with van der Waals surface area (Å²) in [7, 11) is 0. The summed E-state index contributed by atoms with van der Waals surface area (Å²) in [6.45, 7) is 9.51. The minimum atomic E-state index is -0.926. The SMILES string of the molecule is CC(C)N1CCN(Cc2ccc(C(=O)O)cn2)CC1. The molecule has 1 saturated heterocycles. The van der Waals surface area contributed by atoms with Crippen LogP contribution >= 0.6 is 0 Å². The first-order valence-corrected chi connectivity index (χ1v) is 6.71. The lowest BCUT2D eigenvalue weighted by atomic mass is 10.2. The molecule has 5 heteroatoms. The summed E-state index contributed by atoms with van der Waals surface area (Å²) >= 11 is 0. The quantitative estimate of drug-likeness (QED) is 0.887. The van der Waals surface area contributed by atoms with E-state index in [4.69, 9.17) is 5.11 Å². The number of rotatable bonds is 4. The van der Waals surface area contributed by atoms with E-state index in [1.54, 1.807) is 12.1 Å². The summed E-state index contributed by atoms with van der Waals surface area (Å²) in [5, 5.41) is 8.82. The van der Waals surface area contributed by atoms with Crippen molar-refractivity contribution < 1.29 is 9.90 Å². The molecule has 5 nitrogen and oxygen atoms in total. The number of pyridine rings is 1. The molecule has 0 unspecified atom stereocenters. The number of aromatic carboxylic acids is 1. The Bertz CT molecular complexity index is 423. The van der Waals surface area contributed by atoms with Crippen molar-refractivity contribution in [3.63, 3.8) is 0 Å². The fraction of sp³-hybridized carbons (Fsp3) is 0.571. The summed E-state index contributed by atoms with van der Waals surface area (Å²) in [6, 6.07) is 4.03. The molecule has 0 spiro atoms. The average molecular weight is 263 g/mol. The van der Waals surface area contributed by atoms with Gasteiger partial charge in [-0.2, -0.15) is 0 Å². The second kappa shape index (κ2) is 6.12. The normalized spacial score (nSPS) is 17.8. The molecule has 2 rings (SSSR count). The summed E-state index contributed by atoms with van der Waals surface area (Å²) in [5.41, 5.74) is 1.18. The molecule has 0 saturated carbocycles. The first-order valence-electron chi connectivity index (χ1n) is 6.71. The van der Waals surface area contributed by atoms with Crippen molar-refractivity contribution in [2.45, 2.75) is 26.4 Å². The maximum atomic E-state index is 10.7. The highest BCUT2D eigenvalue weighted by Gasteiger charge is 2.18. The zero-order valence-electron chi connectivity index (χ0n) is 11.5. The Morgan fingerprint density at radius 1 is 1.32 bits per heavy atom. The van der Waals surface area contributed by atoms with E-state index in [-0.39, 0.29) is 5.56 Å². The molecule has 1 aliphatic rings. The van der Waals surface area contributed by atoms with Crippen LogP contribution in [0, 0.1) is 0 Å². The predicted octanol–water partition coefficient (Wildman–Crippen LogP) is 1.31. The van der Waals surface area contributed by atoms with Crippen LogP contribution in [0.15, 0.2) is 18.3 Å². The molecule has 1 fully saturated rings. The highest BCUT2D eigenvalue weighted by molar-refractivity contribution is 5.87. The molecule has 1 aromatic rings. The lowest BCUT2D eigenvalue weighted by Gasteiger charge is -2.36. The lowest BCUT2D eigenvalue weighted by Crippen LogP contribution is -2.48. The molecule has 1 N–H and O–H groups in total. The number of carboxylic acids is 1. The van der Waals surface area contributed by atoms with Gasteiger partial charge in [-0.25, -0.2) is 4.79 Å². The highest BCUT2D eigenvalue weighted by Crippen LogP contribution is 2.09. The van der Waals surface area contributed by atoms with Gasteiger partial charge in [-0.05, 0) is 26.0 Å². The van der Waals surface area contributed by atoms with E-state index in [2.05, 4.69) is 28.6 Å². The number of carboxylic acid groups (broad SMARTS) is 1. The van der Waals surface area contributed by atoms with Crippen molar-refractivity contribution in [1.82, 2.24) is 14.8 Å². The molecule has 0 bridgehead atoms. The maximum absolute atomic E-state index is 10.7. The molecule has 0 aromatic carbocycles. The van der Waals surface area contributed by atoms with Gasteiger partial charge in [0.25, 0.3) is 0 Å². The Balaban J connectivity index is 1.87. The molecule has 0 amide bonds. The third-order valence-corrected chi connectivity index (χ3v) is 3.59. The van der Waals surface area contributed by atoms with Crippen molar-refractivity contribution in [2.75, 3.05) is 26.2 Å². The molecule has 1 aliphatic heterocycles. The molecular weight excluding hydrogens is 242 g/mol. The highest BCUT2D eigenvalue weighted by atomic mass is 16.4. The van der Waals surface area contributed by atoms with Crippen LogP contribution in [0.1, 0.15) is 29.9 Å². The van der Waals surface area contributed by atoms with Gasteiger partial charge in [0.15, 0.2) is 0 Å². The molecule has 0 radical (unpaired) electrons. The van der Waals surface area contributed by atoms with Crippen LogP contribution in [0.3, 0.4) is 0 Å². The van der Waals surface area contributed by atoms with Gasteiger partial charge in [0.2, 0.25) is 0 Å². The van der Waals surface area contributed by atoms with E-state index >= 15 is 0 Å². The average Bonchev–Trinajstić information content (AvgIpc) is 2.40. The van der Waals surface area contributed by atoms with E-state index in [1.165, 1.54) is 6.20 Å². The van der Waals surface area contributed by atoms with Gasteiger partial charge in [-0.1, -0.05) is 0 Å². The van der Waals surface area contributed by atoms with Crippen LogP contribution < -0.4 is 0 Å². The first kappa shape index (κ1) is 14.0. The topological polar surface area (TPSA) is 56.7 Å². The second-order valence-corrected chi connectivity index (χ2v) is 5.25. The summed E-state index contributed by atoms with van der Waals surface area (Å²) in [4.78, 5) is 19.8. The number of hydrogen-bond donors (Lipinski definition) is 1. The van der Waals surface area contributed by atoms with E-state index in [0.29, 0.717) is 6.04 Å². The number of piperazine rings is 1. The number of hydrogen-bond acceptors (Lipinski definition) is 4. The van der Waals surface area contributed by atoms with Gasteiger partial charge >= 0.3 is 5.97 Å². The fourth-order valence-corrected chi connectivity index (χ4v) is 2.31. The summed E-state index contributed by atoms with van der Waals surface area (Å²) in [5.74, 6) is -0.926. The van der Waals surface area contributed by atoms with E-state index < -0.39 is 5.97 Å². The van der Waals surface area contributed by atoms with E-state index in [1.807, 2.05) is 0 Å². The molecule has 2 heterocycles. The van der Waals surface area contributed by atoms with Crippen molar-refractivity contribution >= 4 is 5.97 Å². The number of aromatic nitrogens is 1. The predicted molar refractivity (Wildman–Crippen MR) is 73.2 cm³/mol. The van der Waals surface area contributed by atoms with Crippen LogP contribution in [0.4, 0.5) is 0 Å². The molecule has 1 aromatic heterocycles. The second-order valence-electron chi connectivity index (χ2n) is 5.25. The van der Waals surface area contributed by atoms with Gasteiger partial charge in [-0.3, -0.25) is 14.8 Å². The third kappa shape index (κ3) is 3.75. The summed E-state index contributed by atoms with van der Waals surface area (Å²) < 4.78 is 0. The first-order chi connectivity index (χ1) is 9.06. The Morgan fingerprint density at radius 2 is 2.00 bits per heavy atom. The van der Waals surface area contributed by atoms with Crippen LogP contribution in [0.2, 0.25) is 0 Å². The largest absolute Gasteiger partial charge is 0.478 e. The van der Waals surface area contributed by atoms with Crippen molar-refractivity contribution in [2.24, 2.45) is 0 Å². The third-order valence-electron chi connectivity index (χ3n) is 3.59. The fourth-order valence-electron chi connectivity index (χ4n) is 2.31. The lowest BCUT2D eigenvalue weighted by molar-refractivity contribution is 0.0696. The maximum Gasteiger partial charge on any atom is 0.337 e. The molecule has 19 heavy (non-hydrogen) atoms. The molecular formula is C14H21N3O2. The van der Waals surface area contributed by atoms with Crippen LogP contribution in [-0.4, -0.2) is 58.1 Å². The van der Waals surface area contributed by atoms with Gasteiger partial charge in [0.05, 0.1) is 11.3 Å². The standard InChI is InChI=1S/C14H21N3O2/c1-11(2)17-7-5-16(6-8-17)10-13-4-3-12(9-15-13)14(18)19/h3-4,9,11H,5-8,10H2,1-2H3,(H,18,19). The monoisotopic (exact) mass is 263 g/mol. The van der Waals surface area contributed by atoms with Gasteiger partial charge in [-0.15, -0.1) is 0 Å². The van der Waals surface area contributed by atoms with E-state index in [9.17, 15) is 4.79 Å². The Morgan fingerprint density at radius 3 is 2.47 bits per heavy atom.